The minimum absolute atomic E-state index is 0.147. The lowest BCUT2D eigenvalue weighted by Crippen LogP contribution is -2.33. The van der Waals surface area contributed by atoms with Gasteiger partial charge in [0.15, 0.2) is 0 Å². The number of nitrogens with zero attached hydrogens (tertiary/aromatic N) is 1. The number of amides is 1. The Hall–Kier alpha value is -2.09. The quantitative estimate of drug-likeness (QED) is 0.763. The van der Waals surface area contributed by atoms with Crippen molar-refractivity contribution >= 4 is 5.91 Å². The molecule has 1 heterocycles. The van der Waals surface area contributed by atoms with Gasteiger partial charge in [0.1, 0.15) is 0 Å². The second-order valence-electron chi connectivity index (χ2n) is 4.93. The molecule has 1 aliphatic heterocycles. The summed E-state index contributed by atoms with van der Waals surface area (Å²) in [4.78, 5) is 14.4. The van der Waals surface area contributed by atoms with Crippen molar-refractivity contribution in [2.24, 2.45) is 0 Å². The van der Waals surface area contributed by atoms with Crippen molar-refractivity contribution in [1.82, 2.24) is 4.90 Å². The molecule has 0 fully saturated rings. The van der Waals surface area contributed by atoms with Crippen LogP contribution in [0.15, 0.2) is 54.6 Å². The summed E-state index contributed by atoms with van der Waals surface area (Å²) >= 11 is 0. The van der Waals surface area contributed by atoms with Gasteiger partial charge in [0.05, 0.1) is 0 Å². The van der Waals surface area contributed by atoms with Crippen LogP contribution >= 0.6 is 0 Å². The predicted octanol–water partition coefficient (Wildman–Crippen LogP) is 2.93. The van der Waals surface area contributed by atoms with Gasteiger partial charge in [-0.15, -0.1) is 0 Å². The third-order valence-electron chi connectivity index (χ3n) is 3.73. The number of hydrogen-bond acceptors (Lipinski definition) is 1. The van der Waals surface area contributed by atoms with Crippen LogP contribution in [-0.4, -0.2) is 23.9 Å². The van der Waals surface area contributed by atoms with Crippen LogP contribution in [0.3, 0.4) is 0 Å². The molecule has 1 amide bonds. The first-order valence-electron chi connectivity index (χ1n) is 6.76. The first-order chi connectivity index (χ1) is 9.34. The highest BCUT2D eigenvalue weighted by Crippen LogP contribution is 2.17. The Balaban J connectivity index is 1.77. The van der Waals surface area contributed by atoms with Crippen LogP contribution in [0.2, 0.25) is 0 Å². The molecule has 0 bridgehead atoms. The largest absolute Gasteiger partial charge is 0.338 e. The lowest BCUT2D eigenvalue weighted by molar-refractivity contribution is 0.0763. The first-order valence-corrected chi connectivity index (χ1v) is 6.76. The summed E-state index contributed by atoms with van der Waals surface area (Å²) in [6.45, 7) is 1.62. The molecule has 2 heteroatoms. The Morgan fingerprint density at radius 1 is 0.789 bits per heavy atom. The summed E-state index contributed by atoms with van der Waals surface area (Å²) in [6.07, 6.45) is 1.91. The van der Waals surface area contributed by atoms with E-state index >= 15 is 0 Å². The molecule has 19 heavy (non-hydrogen) atoms. The Labute approximate surface area is 113 Å². The fourth-order valence-corrected chi connectivity index (χ4v) is 2.63. The van der Waals surface area contributed by atoms with Gasteiger partial charge in [-0.3, -0.25) is 4.79 Å². The van der Waals surface area contributed by atoms with Gasteiger partial charge in [-0.2, -0.15) is 0 Å². The van der Waals surface area contributed by atoms with E-state index in [0.717, 1.165) is 31.5 Å². The van der Waals surface area contributed by atoms with E-state index in [9.17, 15) is 4.79 Å². The maximum atomic E-state index is 12.4. The van der Waals surface area contributed by atoms with Crippen molar-refractivity contribution in [3.8, 4) is 0 Å². The summed E-state index contributed by atoms with van der Waals surface area (Å²) in [6, 6.07) is 18.0. The van der Waals surface area contributed by atoms with Crippen molar-refractivity contribution in [2.45, 2.75) is 12.8 Å². The summed E-state index contributed by atoms with van der Waals surface area (Å²) in [5.74, 6) is 0.147. The Morgan fingerprint density at radius 3 is 1.89 bits per heavy atom. The van der Waals surface area contributed by atoms with Gasteiger partial charge in [0.25, 0.3) is 5.91 Å². The SMILES string of the molecule is O=C(c1ccccc1)N1CCc2ccccc2CC1. The van der Waals surface area contributed by atoms with Crippen molar-refractivity contribution in [2.75, 3.05) is 13.1 Å². The van der Waals surface area contributed by atoms with E-state index in [1.807, 2.05) is 35.2 Å². The van der Waals surface area contributed by atoms with Crippen LogP contribution in [0.5, 0.6) is 0 Å². The molecule has 0 saturated carbocycles. The van der Waals surface area contributed by atoms with Gasteiger partial charge in [-0.05, 0) is 36.1 Å². The zero-order chi connectivity index (χ0) is 13.1. The third kappa shape index (κ3) is 2.53. The number of rotatable bonds is 1. The Kier molecular flexibility index (Phi) is 3.32. The molecule has 0 N–H and O–H groups in total. The molecule has 2 aromatic rings. The molecule has 0 aromatic heterocycles. The van der Waals surface area contributed by atoms with E-state index in [-0.39, 0.29) is 5.91 Å². The van der Waals surface area contributed by atoms with Crippen LogP contribution in [0.4, 0.5) is 0 Å². The van der Waals surface area contributed by atoms with Crippen molar-refractivity contribution in [1.29, 1.82) is 0 Å². The number of carbonyl (C=O) groups excluding carboxylic acids is 1. The van der Waals surface area contributed by atoms with Crippen molar-refractivity contribution in [3.05, 3.63) is 71.3 Å². The lowest BCUT2D eigenvalue weighted by Gasteiger charge is -2.20. The predicted molar refractivity (Wildman–Crippen MR) is 76.2 cm³/mol. The van der Waals surface area contributed by atoms with Gasteiger partial charge in [0, 0.05) is 18.7 Å². The lowest BCUT2D eigenvalue weighted by atomic mass is 10.0. The van der Waals surface area contributed by atoms with Gasteiger partial charge in [0.2, 0.25) is 0 Å². The average molecular weight is 251 g/mol. The smallest absolute Gasteiger partial charge is 0.253 e. The highest BCUT2D eigenvalue weighted by Gasteiger charge is 2.18. The number of benzene rings is 2. The zero-order valence-corrected chi connectivity index (χ0v) is 10.9. The Bertz CT molecular complexity index is 550. The minimum Gasteiger partial charge on any atom is -0.338 e. The molecule has 1 aliphatic rings. The van der Waals surface area contributed by atoms with Crippen LogP contribution in [0, 0.1) is 0 Å². The molecule has 2 aromatic carbocycles. The van der Waals surface area contributed by atoms with E-state index in [0.29, 0.717) is 0 Å². The van der Waals surface area contributed by atoms with E-state index in [1.165, 1.54) is 11.1 Å². The van der Waals surface area contributed by atoms with E-state index < -0.39 is 0 Å². The minimum atomic E-state index is 0.147. The second kappa shape index (κ2) is 5.27. The van der Waals surface area contributed by atoms with Crippen LogP contribution in [-0.2, 0) is 12.8 Å². The summed E-state index contributed by atoms with van der Waals surface area (Å²) in [5.41, 5.74) is 3.55. The van der Waals surface area contributed by atoms with Crippen molar-refractivity contribution < 1.29 is 4.79 Å². The third-order valence-corrected chi connectivity index (χ3v) is 3.73. The van der Waals surface area contributed by atoms with Gasteiger partial charge < -0.3 is 4.90 Å². The van der Waals surface area contributed by atoms with E-state index in [4.69, 9.17) is 0 Å². The standard InChI is InChI=1S/C17H17NO/c19-17(16-8-2-1-3-9-16)18-12-10-14-6-4-5-7-15(14)11-13-18/h1-9H,10-13H2. The zero-order valence-electron chi connectivity index (χ0n) is 10.9. The summed E-state index contributed by atoms with van der Waals surface area (Å²) in [5, 5.41) is 0. The normalized spacial score (nSPS) is 14.6. The van der Waals surface area contributed by atoms with Gasteiger partial charge in [-0.1, -0.05) is 42.5 Å². The molecule has 0 spiro atoms. The molecule has 96 valence electrons. The maximum Gasteiger partial charge on any atom is 0.253 e. The van der Waals surface area contributed by atoms with Crippen LogP contribution < -0.4 is 0 Å². The highest BCUT2D eigenvalue weighted by atomic mass is 16.2. The van der Waals surface area contributed by atoms with E-state index in [2.05, 4.69) is 24.3 Å². The number of hydrogen-bond donors (Lipinski definition) is 0. The molecule has 3 rings (SSSR count). The molecule has 2 nitrogen and oxygen atoms in total. The van der Waals surface area contributed by atoms with Crippen LogP contribution in [0.25, 0.3) is 0 Å². The molecule has 0 saturated heterocycles. The highest BCUT2D eigenvalue weighted by molar-refractivity contribution is 5.94. The van der Waals surface area contributed by atoms with Crippen LogP contribution in [0.1, 0.15) is 21.5 Å². The second-order valence-corrected chi connectivity index (χ2v) is 4.93. The fraction of sp³-hybridized carbons (Fsp3) is 0.235. The van der Waals surface area contributed by atoms with Gasteiger partial charge in [-0.25, -0.2) is 0 Å². The maximum absolute atomic E-state index is 12.4. The molecule has 0 radical (unpaired) electrons. The monoisotopic (exact) mass is 251 g/mol. The van der Waals surface area contributed by atoms with Crippen molar-refractivity contribution in [3.63, 3.8) is 0 Å². The Morgan fingerprint density at radius 2 is 1.32 bits per heavy atom. The number of carbonyl (C=O) groups is 1. The van der Waals surface area contributed by atoms with Gasteiger partial charge >= 0.3 is 0 Å². The van der Waals surface area contributed by atoms with E-state index in [1.54, 1.807) is 0 Å². The molecule has 0 atom stereocenters. The molecular formula is C17H17NO. The topological polar surface area (TPSA) is 20.3 Å². The fourth-order valence-electron chi connectivity index (χ4n) is 2.63. The summed E-state index contributed by atoms with van der Waals surface area (Å²) in [7, 11) is 0. The first kappa shape index (κ1) is 12.0. The molecule has 0 unspecified atom stereocenters. The molecule has 0 aliphatic carbocycles. The summed E-state index contributed by atoms with van der Waals surface area (Å²) < 4.78 is 0. The average Bonchev–Trinajstić information content (AvgIpc) is 2.70. The molecular weight excluding hydrogens is 234 g/mol. The number of fused-ring (bicyclic) bond motifs is 1.